The Morgan fingerprint density at radius 1 is 1.50 bits per heavy atom. The lowest BCUT2D eigenvalue weighted by Crippen LogP contribution is -2.40. The van der Waals surface area contributed by atoms with Crippen LogP contribution in [0.15, 0.2) is 4.52 Å². The molecule has 1 unspecified atom stereocenters. The van der Waals surface area contributed by atoms with E-state index in [4.69, 9.17) is 4.52 Å². The van der Waals surface area contributed by atoms with E-state index in [1.54, 1.807) is 4.90 Å². The zero-order valence-corrected chi connectivity index (χ0v) is 10.3. The first-order chi connectivity index (χ1) is 8.62. The summed E-state index contributed by atoms with van der Waals surface area (Å²) in [5.74, 6) is 0.892. The van der Waals surface area contributed by atoms with Crippen molar-refractivity contribution in [2.75, 3.05) is 13.1 Å². The molecule has 6 heteroatoms. The Hall–Kier alpha value is -1.46. The van der Waals surface area contributed by atoms with Gasteiger partial charge in [-0.1, -0.05) is 12.1 Å². The van der Waals surface area contributed by atoms with Gasteiger partial charge in [0.2, 0.25) is 12.3 Å². The lowest BCUT2D eigenvalue weighted by atomic mass is 9.80. The molecule has 1 aromatic heterocycles. The van der Waals surface area contributed by atoms with Crippen molar-refractivity contribution in [3.63, 3.8) is 0 Å². The van der Waals surface area contributed by atoms with Crippen molar-refractivity contribution >= 4 is 6.41 Å². The molecule has 1 amide bonds. The van der Waals surface area contributed by atoms with Crippen LogP contribution >= 0.6 is 0 Å². The van der Waals surface area contributed by atoms with Crippen LogP contribution in [0, 0.1) is 0 Å². The summed E-state index contributed by atoms with van der Waals surface area (Å²) >= 11 is 0. The number of amides is 1. The van der Waals surface area contributed by atoms with Crippen LogP contribution in [0.3, 0.4) is 0 Å². The van der Waals surface area contributed by atoms with E-state index in [0.29, 0.717) is 31.2 Å². The maximum Gasteiger partial charge on any atom is 0.232 e. The molecule has 2 atom stereocenters. The highest BCUT2D eigenvalue weighted by Crippen LogP contribution is 2.43. The summed E-state index contributed by atoms with van der Waals surface area (Å²) in [6.07, 6.45) is 2.18. The fourth-order valence-corrected chi connectivity index (χ4v) is 2.40. The quantitative estimate of drug-likeness (QED) is 0.764. The SMILES string of the molecule is CC1(c2noc([C@H]3CC3F)n2)CCN(C=O)CC1. The van der Waals surface area contributed by atoms with E-state index < -0.39 is 6.17 Å². The monoisotopic (exact) mass is 253 g/mol. The van der Waals surface area contributed by atoms with E-state index in [9.17, 15) is 9.18 Å². The minimum Gasteiger partial charge on any atom is -0.345 e. The third-order valence-corrected chi connectivity index (χ3v) is 4.06. The van der Waals surface area contributed by atoms with Crippen molar-refractivity contribution < 1.29 is 13.7 Å². The molecule has 98 valence electrons. The third-order valence-electron chi connectivity index (χ3n) is 4.06. The Kier molecular flexibility index (Phi) is 2.60. The van der Waals surface area contributed by atoms with Gasteiger partial charge in [0, 0.05) is 18.5 Å². The summed E-state index contributed by atoms with van der Waals surface area (Å²) in [4.78, 5) is 16.8. The Morgan fingerprint density at radius 3 is 2.72 bits per heavy atom. The van der Waals surface area contributed by atoms with Crippen LogP contribution in [-0.2, 0) is 10.2 Å². The Balaban J connectivity index is 1.73. The molecule has 0 aromatic carbocycles. The van der Waals surface area contributed by atoms with Gasteiger partial charge < -0.3 is 9.42 Å². The fraction of sp³-hybridized carbons (Fsp3) is 0.750. The van der Waals surface area contributed by atoms with Crippen LogP contribution in [0.25, 0.3) is 0 Å². The second-order valence-electron chi connectivity index (χ2n) is 5.52. The number of piperidine rings is 1. The number of hydrogen-bond donors (Lipinski definition) is 0. The maximum atomic E-state index is 12.9. The standard InChI is InChI=1S/C12H16FN3O2/c1-12(2-4-16(7-17)5-3-12)11-14-10(18-15-11)8-6-9(8)13/h7-9H,2-6H2,1H3/t8-,9?/m0/s1. The van der Waals surface area contributed by atoms with Crippen molar-refractivity contribution in [3.8, 4) is 0 Å². The molecule has 0 spiro atoms. The number of alkyl halides is 1. The van der Waals surface area contributed by atoms with Crippen LogP contribution in [-0.4, -0.2) is 40.7 Å². The lowest BCUT2D eigenvalue weighted by molar-refractivity contribution is -0.119. The summed E-state index contributed by atoms with van der Waals surface area (Å²) in [6, 6.07) is 0. The second-order valence-corrected chi connectivity index (χ2v) is 5.52. The van der Waals surface area contributed by atoms with Crippen LogP contribution in [0.1, 0.15) is 43.8 Å². The second kappa shape index (κ2) is 4.03. The molecule has 1 saturated carbocycles. The van der Waals surface area contributed by atoms with Crippen molar-refractivity contribution in [2.24, 2.45) is 0 Å². The van der Waals surface area contributed by atoms with Gasteiger partial charge in [-0.15, -0.1) is 0 Å². The number of nitrogens with zero attached hydrogens (tertiary/aromatic N) is 3. The van der Waals surface area contributed by atoms with Gasteiger partial charge in [0.1, 0.15) is 6.17 Å². The summed E-state index contributed by atoms with van der Waals surface area (Å²) < 4.78 is 18.1. The normalized spacial score (nSPS) is 30.2. The van der Waals surface area contributed by atoms with Gasteiger partial charge in [0.05, 0.1) is 5.92 Å². The van der Waals surface area contributed by atoms with Gasteiger partial charge >= 0.3 is 0 Å². The Bertz CT molecular complexity index is 454. The molecule has 0 N–H and O–H groups in total. The summed E-state index contributed by atoms with van der Waals surface area (Å²) in [6.45, 7) is 3.49. The van der Waals surface area contributed by atoms with Gasteiger partial charge in [-0.2, -0.15) is 4.98 Å². The Morgan fingerprint density at radius 2 is 2.17 bits per heavy atom. The van der Waals surface area contributed by atoms with E-state index in [0.717, 1.165) is 19.3 Å². The van der Waals surface area contributed by atoms with E-state index in [1.165, 1.54) is 0 Å². The number of carbonyl (C=O) groups is 1. The van der Waals surface area contributed by atoms with Gasteiger partial charge in [-0.05, 0) is 19.3 Å². The molecule has 3 rings (SSSR count). The molecular weight excluding hydrogens is 237 g/mol. The largest absolute Gasteiger partial charge is 0.345 e. The summed E-state index contributed by atoms with van der Waals surface area (Å²) in [5, 5.41) is 4.00. The van der Waals surface area contributed by atoms with Crippen LogP contribution in [0.2, 0.25) is 0 Å². The number of hydrogen-bond acceptors (Lipinski definition) is 4. The smallest absolute Gasteiger partial charge is 0.232 e. The van der Waals surface area contributed by atoms with Crippen molar-refractivity contribution in [3.05, 3.63) is 11.7 Å². The molecule has 0 radical (unpaired) electrons. The number of carbonyl (C=O) groups excluding carboxylic acids is 1. The zero-order valence-electron chi connectivity index (χ0n) is 10.3. The van der Waals surface area contributed by atoms with Gasteiger partial charge in [-0.25, -0.2) is 4.39 Å². The van der Waals surface area contributed by atoms with Crippen molar-refractivity contribution in [1.29, 1.82) is 0 Å². The molecule has 1 aliphatic carbocycles. The fourth-order valence-electron chi connectivity index (χ4n) is 2.40. The van der Waals surface area contributed by atoms with E-state index >= 15 is 0 Å². The Labute approximate surface area is 104 Å². The number of aromatic nitrogens is 2. The highest BCUT2D eigenvalue weighted by molar-refractivity contribution is 5.47. The molecule has 18 heavy (non-hydrogen) atoms. The van der Waals surface area contributed by atoms with Gasteiger partial charge in [0.25, 0.3) is 0 Å². The number of rotatable bonds is 3. The van der Waals surface area contributed by atoms with E-state index in [-0.39, 0.29) is 11.3 Å². The molecule has 1 aliphatic heterocycles. The minimum absolute atomic E-state index is 0.165. The summed E-state index contributed by atoms with van der Waals surface area (Å²) in [7, 11) is 0. The van der Waals surface area contributed by atoms with Gasteiger partial charge in [0.15, 0.2) is 5.82 Å². The maximum absolute atomic E-state index is 12.9. The van der Waals surface area contributed by atoms with Crippen LogP contribution < -0.4 is 0 Å². The molecular formula is C12H16FN3O2. The average molecular weight is 253 g/mol. The predicted octanol–water partition coefficient (Wildman–Crippen LogP) is 1.40. The average Bonchev–Trinajstić information content (AvgIpc) is 2.92. The minimum atomic E-state index is -0.817. The summed E-state index contributed by atoms with van der Waals surface area (Å²) in [5.41, 5.74) is -0.165. The first kappa shape index (κ1) is 11.6. The third kappa shape index (κ3) is 1.89. The first-order valence-corrected chi connectivity index (χ1v) is 6.30. The van der Waals surface area contributed by atoms with Crippen LogP contribution in [0.4, 0.5) is 4.39 Å². The highest BCUT2D eigenvalue weighted by atomic mass is 19.1. The van der Waals surface area contributed by atoms with Gasteiger partial charge in [-0.3, -0.25) is 4.79 Å². The van der Waals surface area contributed by atoms with E-state index in [1.807, 2.05) is 0 Å². The molecule has 1 aromatic rings. The van der Waals surface area contributed by atoms with Crippen molar-refractivity contribution in [1.82, 2.24) is 15.0 Å². The molecule has 5 nitrogen and oxygen atoms in total. The highest BCUT2D eigenvalue weighted by Gasteiger charge is 2.45. The lowest BCUT2D eigenvalue weighted by Gasteiger charge is -2.35. The topological polar surface area (TPSA) is 59.2 Å². The van der Waals surface area contributed by atoms with Crippen molar-refractivity contribution in [2.45, 2.75) is 43.7 Å². The molecule has 2 heterocycles. The molecule has 2 aliphatic rings. The number of likely N-dealkylation sites (tertiary alicyclic amines) is 1. The van der Waals surface area contributed by atoms with Crippen LogP contribution in [0.5, 0.6) is 0 Å². The number of halogens is 1. The first-order valence-electron chi connectivity index (χ1n) is 6.30. The molecule has 0 bridgehead atoms. The predicted molar refractivity (Wildman–Crippen MR) is 60.8 cm³/mol. The molecule has 2 fully saturated rings. The van der Waals surface area contributed by atoms with E-state index in [2.05, 4.69) is 17.1 Å². The molecule has 1 saturated heterocycles. The zero-order chi connectivity index (χ0) is 12.8.